The van der Waals surface area contributed by atoms with Crippen LogP contribution in [0, 0.1) is 19.7 Å². The van der Waals surface area contributed by atoms with Crippen molar-refractivity contribution in [3.05, 3.63) is 95.7 Å². The zero-order valence-corrected chi connectivity index (χ0v) is 16.6. The Labute approximate surface area is 173 Å². The van der Waals surface area contributed by atoms with E-state index in [-0.39, 0.29) is 11.7 Å². The van der Waals surface area contributed by atoms with Gasteiger partial charge in [-0.2, -0.15) is 0 Å². The van der Waals surface area contributed by atoms with E-state index in [1.165, 1.54) is 24.4 Å². The number of amides is 1. The van der Waals surface area contributed by atoms with Crippen molar-refractivity contribution in [1.82, 2.24) is 15.0 Å². The third-order valence-corrected chi connectivity index (χ3v) is 4.73. The maximum absolute atomic E-state index is 13.4. The highest BCUT2D eigenvalue weighted by molar-refractivity contribution is 6.08. The molecule has 5 nitrogen and oxygen atoms in total. The highest BCUT2D eigenvalue weighted by Crippen LogP contribution is 2.26. The first-order chi connectivity index (χ1) is 14.5. The number of carbonyl (C=O) groups is 1. The van der Waals surface area contributed by atoms with Crippen LogP contribution in [0.3, 0.4) is 0 Å². The third-order valence-electron chi connectivity index (χ3n) is 4.73. The largest absolute Gasteiger partial charge is 0.322 e. The highest BCUT2D eigenvalue weighted by Gasteiger charge is 2.18. The first kappa shape index (κ1) is 19.4. The minimum atomic E-state index is -0.369. The summed E-state index contributed by atoms with van der Waals surface area (Å²) in [6.45, 7) is 3.75. The molecule has 0 saturated carbocycles. The Hall–Kier alpha value is -3.93. The predicted molar refractivity (Wildman–Crippen MR) is 115 cm³/mol. The van der Waals surface area contributed by atoms with Gasteiger partial charge >= 0.3 is 0 Å². The summed E-state index contributed by atoms with van der Waals surface area (Å²) in [5, 5.41) is 2.83. The van der Waals surface area contributed by atoms with E-state index in [9.17, 15) is 9.18 Å². The Bertz CT molecular complexity index is 1210. The van der Waals surface area contributed by atoms with Crippen molar-refractivity contribution in [2.45, 2.75) is 13.8 Å². The molecule has 2 aromatic carbocycles. The number of anilines is 1. The third kappa shape index (κ3) is 4.07. The van der Waals surface area contributed by atoms with Gasteiger partial charge in [-0.25, -0.2) is 14.4 Å². The minimum Gasteiger partial charge on any atom is -0.322 e. The summed E-state index contributed by atoms with van der Waals surface area (Å²) >= 11 is 0. The molecule has 0 aliphatic heterocycles. The summed E-state index contributed by atoms with van der Waals surface area (Å²) in [5.74, 6) is -0.197. The lowest BCUT2D eigenvalue weighted by molar-refractivity contribution is 0.102. The van der Waals surface area contributed by atoms with E-state index >= 15 is 0 Å². The van der Waals surface area contributed by atoms with Crippen molar-refractivity contribution in [3.8, 4) is 22.6 Å². The zero-order valence-electron chi connectivity index (χ0n) is 16.6. The fourth-order valence-electron chi connectivity index (χ4n) is 3.08. The van der Waals surface area contributed by atoms with E-state index in [2.05, 4.69) is 20.3 Å². The molecule has 4 rings (SSSR count). The highest BCUT2D eigenvalue weighted by atomic mass is 19.1. The maximum atomic E-state index is 13.4. The summed E-state index contributed by atoms with van der Waals surface area (Å²) in [6, 6.07) is 15.7. The second-order valence-electron chi connectivity index (χ2n) is 6.97. The van der Waals surface area contributed by atoms with Gasteiger partial charge in [0.25, 0.3) is 5.91 Å². The van der Waals surface area contributed by atoms with Crippen LogP contribution in [-0.4, -0.2) is 20.9 Å². The fourth-order valence-corrected chi connectivity index (χ4v) is 3.08. The molecular weight excluding hydrogens is 379 g/mol. The van der Waals surface area contributed by atoms with Crippen LogP contribution in [0.4, 0.5) is 10.1 Å². The SMILES string of the molecule is Cc1ccc(-c2ncc(C(=O)Nc3ccc(F)cc3C)c(-c3ccncc3)n2)cc1. The van der Waals surface area contributed by atoms with Gasteiger partial charge in [-0.1, -0.05) is 29.8 Å². The van der Waals surface area contributed by atoms with Crippen molar-refractivity contribution in [3.63, 3.8) is 0 Å². The number of nitrogens with one attached hydrogen (secondary N) is 1. The molecule has 1 N–H and O–H groups in total. The van der Waals surface area contributed by atoms with Gasteiger partial charge in [0, 0.05) is 35.4 Å². The minimum absolute atomic E-state index is 0.320. The normalized spacial score (nSPS) is 10.6. The molecule has 30 heavy (non-hydrogen) atoms. The van der Waals surface area contributed by atoms with Crippen LogP contribution in [-0.2, 0) is 0 Å². The van der Waals surface area contributed by atoms with Crippen molar-refractivity contribution in [1.29, 1.82) is 0 Å². The number of aryl methyl sites for hydroxylation is 2. The monoisotopic (exact) mass is 398 g/mol. The number of nitrogens with zero attached hydrogens (tertiary/aromatic N) is 3. The second-order valence-corrected chi connectivity index (χ2v) is 6.97. The number of hydrogen-bond acceptors (Lipinski definition) is 4. The molecule has 0 aliphatic rings. The van der Waals surface area contributed by atoms with E-state index in [4.69, 9.17) is 0 Å². The number of aromatic nitrogens is 3. The molecule has 0 fully saturated rings. The number of rotatable bonds is 4. The van der Waals surface area contributed by atoms with Crippen LogP contribution in [0.2, 0.25) is 0 Å². The average Bonchev–Trinajstić information content (AvgIpc) is 2.76. The molecule has 4 aromatic rings. The van der Waals surface area contributed by atoms with Crippen LogP contribution in [0.1, 0.15) is 21.5 Å². The molecule has 0 saturated heterocycles. The lowest BCUT2D eigenvalue weighted by Gasteiger charge is -2.12. The van der Waals surface area contributed by atoms with Gasteiger partial charge in [0.1, 0.15) is 5.82 Å². The zero-order chi connectivity index (χ0) is 21.1. The number of pyridine rings is 1. The number of halogens is 1. The second kappa shape index (κ2) is 8.21. The summed E-state index contributed by atoms with van der Waals surface area (Å²) < 4.78 is 13.4. The summed E-state index contributed by atoms with van der Waals surface area (Å²) in [6.07, 6.45) is 4.82. The molecule has 6 heteroatoms. The van der Waals surface area contributed by atoms with Gasteiger partial charge in [0.15, 0.2) is 5.82 Å². The van der Waals surface area contributed by atoms with Crippen LogP contribution >= 0.6 is 0 Å². The molecule has 0 aliphatic carbocycles. The summed E-state index contributed by atoms with van der Waals surface area (Å²) in [5.41, 5.74) is 4.73. The molecule has 0 radical (unpaired) electrons. The van der Waals surface area contributed by atoms with Gasteiger partial charge in [0.05, 0.1) is 11.3 Å². The predicted octanol–water partition coefficient (Wildman–Crippen LogP) is 5.21. The van der Waals surface area contributed by atoms with Gasteiger partial charge in [-0.15, -0.1) is 0 Å². The van der Waals surface area contributed by atoms with Crippen molar-refractivity contribution in [2.75, 3.05) is 5.32 Å². The quantitative estimate of drug-likeness (QED) is 0.512. The van der Waals surface area contributed by atoms with Crippen LogP contribution in [0.5, 0.6) is 0 Å². The molecule has 0 atom stereocenters. The maximum Gasteiger partial charge on any atom is 0.259 e. The molecule has 0 bridgehead atoms. The van der Waals surface area contributed by atoms with E-state index in [1.807, 2.05) is 31.2 Å². The topological polar surface area (TPSA) is 67.8 Å². The Morgan fingerprint density at radius 2 is 1.67 bits per heavy atom. The number of hydrogen-bond donors (Lipinski definition) is 1. The van der Waals surface area contributed by atoms with Crippen LogP contribution in [0.25, 0.3) is 22.6 Å². The Balaban J connectivity index is 1.76. The summed E-state index contributed by atoms with van der Waals surface area (Å²) in [7, 11) is 0. The van der Waals surface area contributed by atoms with Crippen molar-refractivity contribution in [2.24, 2.45) is 0 Å². The van der Waals surface area contributed by atoms with Crippen LogP contribution in [0.15, 0.2) is 73.2 Å². The molecule has 2 aromatic heterocycles. The van der Waals surface area contributed by atoms with Gasteiger partial charge < -0.3 is 5.32 Å². The average molecular weight is 398 g/mol. The van der Waals surface area contributed by atoms with Crippen molar-refractivity contribution >= 4 is 11.6 Å². The van der Waals surface area contributed by atoms with Gasteiger partial charge in [0.2, 0.25) is 0 Å². The standard InChI is InChI=1S/C24H19FN4O/c1-15-3-5-18(6-4-15)23-27-14-20(22(29-23)17-9-11-26-12-10-17)24(30)28-21-8-7-19(25)13-16(21)2/h3-14H,1-2H3,(H,28,30). The molecule has 1 amide bonds. The van der Waals surface area contributed by atoms with E-state index in [0.717, 1.165) is 16.7 Å². The lowest BCUT2D eigenvalue weighted by atomic mass is 10.1. The van der Waals surface area contributed by atoms with Crippen LogP contribution < -0.4 is 5.32 Å². The number of benzene rings is 2. The summed E-state index contributed by atoms with van der Waals surface area (Å²) in [4.78, 5) is 26.2. The first-order valence-electron chi connectivity index (χ1n) is 9.43. The van der Waals surface area contributed by atoms with Gasteiger partial charge in [-0.3, -0.25) is 9.78 Å². The molecule has 0 unspecified atom stereocenters. The van der Waals surface area contributed by atoms with Crippen molar-refractivity contribution < 1.29 is 9.18 Å². The Morgan fingerprint density at radius 3 is 2.37 bits per heavy atom. The van der Waals surface area contributed by atoms with E-state index in [0.29, 0.717) is 28.3 Å². The Kier molecular flexibility index (Phi) is 5.30. The first-order valence-corrected chi connectivity index (χ1v) is 9.43. The Morgan fingerprint density at radius 1 is 0.933 bits per heavy atom. The fraction of sp³-hybridized carbons (Fsp3) is 0.0833. The van der Waals surface area contributed by atoms with E-state index in [1.54, 1.807) is 31.5 Å². The lowest BCUT2D eigenvalue weighted by Crippen LogP contribution is -2.15. The molecule has 148 valence electrons. The number of carbonyl (C=O) groups excluding carboxylic acids is 1. The molecule has 0 spiro atoms. The molecule has 2 heterocycles. The smallest absolute Gasteiger partial charge is 0.259 e. The van der Waals surface area contributed by atoms with Gasteiger partial charge in [-0.05, 0) is 49.7 Å². The molecular formula is C24H19FN4O. The van der Waals surface area contributed by atoms with E-state index < -0.39 is 0 Å².